The smallest absolute Gasteiger partial charge is 0.277 e. The van der Waals surface area contributed by atoms with E-state index in [0.717, 1.165) is 17.3 Å². The summed E-state index contributed by atoms with van der Waals surface area (Å²) in [6.45, 7) is 0.741. The number of nitrogens with one attached hydrogen (secondary N) is 1. The van der Waals surface area contributed by atoms with E-state index in [1.807, 2.05) is 73.8 Å². The fourth-order valence-electron chi connectivity index (χ4n) is 3.42. The Bertz CT molecular complexity index is 1050. The first-order valence-electron chi connectivity index (χ1n) is 9.04. The maximum atomic E-state index is 13.4. The molecule has 140 valence electrons. The zero-order valence-corrected chi connectivity index (χ0v) is 15.9. The molecule has 1 atom stereocenters. The Hall–Kier alpha value is -2.57. The number of benzene rings is 3. The normalized spacial score (nSPS) is 18.1. The molecule has 0 fully saturated rings. The first-order chi connectivity index (χ1) is 13.1. The summed E-state index contributed by atoms with van der Waals surface area (Å²) >= 11 is 0. The maximum Gasteiger partial charge on any atom is 0.277 e. The summed E-state index contributed by atoms with van der Waals surface area (Å²) < 4.78 is 34.2. The van der Waals surface area contributed by atoms with Crippen LogP contribution < -0.4 is 14.4 Å². The molecule has 0 aliphatic carbocycles. The van der Waals surface area contributed by atoms with Gasteiger partial charge in [-0.3, -0.25) is 0 Å². The molecule has 3 aromatic carbocycles. The van der Waals surface area contributed by atoms with Crippen molar-refractivity contribution in [3.05, 3.63) is 66.7 Å². The fraction of sp³-hybridized carbons (Fsp3) is 0.238. The Morgan fingerprint density at radius 1 is 1.00 bits per heavy atom. The third-order valence-corrected chi connectivity index (χ3v) is 6.66. The van der Waals surface area contributed by atoms with Crippen LogP contribution in [-0.2, 0) is 10.0 Å². The number of sulfonamides is 1. The van der Waals surface area contributed by atoms with Gasteiger partial charge in [0.25, 0.3) is 10.0 Å². The third-order valence-electron chi connectivity index (χ3n) is 4.75. The van der Waals surface area contributed by atoms with Crippen molar-refractivity contribution in [3.8, 4) is 5.75 Å². The van der Waals surface area contributed by atoms with Crippen molar-refractivity contribution < 1.29 is 13.2 Å². The van der Waals surface area contributed by atoms with Gasteiger partial charge < -0.3 is 10.1 Å². The molecule has 4 rings (SSSR count). The minimum absolute atomic E-state index is 0.429. The van der Waals surface area contributed by atoms with Crippen LogP contribution in [0.5, 0.6) is 5.75 Å². The first kappa shape index (κ1) is 17.8. The number of fused-ring (bicyclic) bond motifs is 2. The molecule has 0 radical (unpaired) electrons. The second-order valence-corrected chi connectivity index (χ2v) is 8.53. The van der Waals surface area contributed by atoms with Gasteiger partial charge >= 0.3 is 0 Å². The van der Waals surface area contributed by atoms with Crippen molar-refractivity contribution in [1.82, 2.24) is 5.32 Å². The van der Waals surface area contributed by atoms with Gasteiger partial charge in [-0.1, -0.05) is 42.5 Å². The van der Waals surface area contributed by atoms with Gasteiger partial charge in [-0.05, 0) is 55.1 Å². The van der Waals surface area contributed by atoms with Crippen LogP contribution in [-0.4, -0.2) is 27.4 Å². The summed E-state index contributed by atoms with van der Waals surface area (Å²) in [7, 11) is -1.84. The van der Waals surface area contributed by atoms with Crippen molar-refractivity contribution >= 4 is 32.2 Å². The van der Waals surface area contributed by atoms with Crippen LogP contribution >= 0.6 is 0 Å². The van der Waals surface area contributed by atoms with E-state index in [1.165, 1.54) is 4.31 Å². The van der Waals surface area contributed by atoms with Gasteiger partial charge in [0, 0.05) is 6.42 Å². The highest BCUT2D eigenvalue weighted by Gasteiger charge is 2.41. The maximum absolute atomic E-state index is 13.4. The molecule has 0 amide bonds. The van der Waals surface area contributed by atoms with Crippen molar-refractivity contribution in [2.75, 3.05) is 17.9 Å². The van der Waals surface area contributed by atoms with E-state index in [1.54, 1.807) is 0 Å². The Balaban J connectivity index is 1.87. The number of rotatable bonds is 5. The van der Waals surface area contributed by atoms with Gasteiger partial charge in [-0.25, -0.2) is 12.7 Å². The van der Waals surface area contributed by atoms with E-state index in [4.69, 9.17) is 4.74 Å². The number of hydrogen-bond acceptors (Lipinski definition) is 4. The van der Waals surface area contributed by atoms with Crippen molar-refractivity contribution in [3.63, 3.8) is 0 Å². The standard InChI is InChI=1S/C21H22N2O3S/c1-22-13-7-12-21-26-20-15-17-9-6-5-8-16(17)14-19(20)23(27(21,24)25)18-10-3-2-4-11-18/h2-6,8-11,14-15,21-22H,7,12-13H2,1H3. The molecule has 27 heavy (non-hydrogen) atoms. The molecule has 1 N–H and O–H groups in total. The topological polar surface area (TPSA) is 58.6 Å². The predicted molar refractivity (Wildman–Crippen MR) is 109 cm³/mol. The van der Waals surface area contributed by atoms with Crippen LogP contribution in [0.1, 0.15) is 12.8 Å². The molecule has 5 nitrogen and oxygen atoms in total. The Morgan fingerprint density at radius 2 is 1.67 bits per heavy atom. The van der Waals surface area contributed by atoms with Crippen LogP contribution in [0.25, 0.3) is 10.8 Å². The molecule has 0 spiro atoms. The lowest BCUT2D eigenvalue weighted by Gasteiger charge is -2.36. The van der Waals surface area contributed by atoms with Gasteiger partial charge in [0.1, 0.15) is 5.75 Å². The lowest BCUT2D eigenvalue weighted by atomic mass is 10.1. The quantitative estimate of drug-likeness (QED) is 0.677. The largest absolute Gasteiger partial charge is 0.470 e. The third kappa shape index (κ3) is 3.26. The predicted octanol–water partition coefficient (Wildman–Crippen LogP) is 4.03. The molecule has 0 saturated heterocycles. The summed E-state index contributed by atoms with van der Waals surface area (Å²) in [5.74, 6) is 0.599. The summed E-state index contributed by atoms with van der Waals surface area (Å²) in [5, 5.41) is 5.06. The summed E-state index contributed by atoms with van der Waals surface area (Å²) in [6, 6.07) is 20.9. The fourth-order valence-corrected chi connectivity index (χ4v) is 5.18. The molecule has 1 aliphatic heterocycles. The Kier molecular flexibility index (Phi) is 4.76. The van der Waals surface area contributed by atoms with E-state index in [-0.39, 0.29) is 0 Å². The number of para-hydroxylation sites is 1. The number of anilines is 2. The lowest BCUT2D eigenvalue weighted by molar-refractivity contribution is 0.255. The Morgan fingerprint density at radius 3 is 2.37 bits per heavy atom. The van der Waals surface area contributed by atoms with E-state index < -0.39 is 15.5 Å². The monoisotopic (exact) mass is 382 g/mol. The highest BCUT2D eigenvalue weighted by molar-refractivity contribution is 7.93. The summed E-state index contributed by atoms with van der Waals surface area (Å²) in [4.78, 5) is 0. The molecule has 1 unspecified atom stereocenters. The van der Waals surface area contributed by atoms with Crippen molar-refractivity contribution in [2.45, 2.75) is 18.3 Å². The summed E-state index contributed by atoms with van der Waals surface area (Å²) in [6.07, 6.45) is 1.14. The van der Waals surface area contributed by atoms with Gasteiger partial charge in [0.15, 0.2) is 0 Å². The van der Waals surface area contributed by atoms with Crippen LogP contribution in [0.15, 0.2) is 66.7 Å². The molecule has 0 aromatic heterocycles. The number of ether oxygens (including phenoxy) is 1. The van der Waals surface area contributed by atoms with E-state index in [2.05, 4.69) is 5.32 Å². The van der Waals surface area contributed by atoms with E-state index >= 15 is 0 Å². The van der Waals surface area contributed by atoms with Crippen LogP contribution in [0, 0.1) is 0 Å². The van der Waals surface area contributed by atoms with E-state index in [9.17, 15) is 8.42 Å². The highest BCUT2D eigenvalue weighted by atomic mass is 32.2. The Labute approximate surface area is 159 Å². The highest BCUT2D eigenvalue weighted by Crippen LogP contribution is 2.44. The van der Waals surface area contributed by atoms with Gasteiger partial charge in [-0.15, -0.1) is 0 Å². The second kappa shape index (κ2) is 7.21. The SMILES string of the molecule is CNCCCC1Oc2cc3ccccc3cc2N(c2ccccc2)S1(=O)=O. The molecular formula is C21H22N2O3S. The molecule has 0 saturated carbocycles. The zero-order valence-electron chi connectivity index (χ0n) is 15.1. The van der Waals surface area contributed by atoms with Gasteiger partial charge in [-0.2, -0.15) is 0 Å². The van der Waals surface area contributed by atoms with Gasteiger partial charge in [0.05, 0.1) is 11.4 Å². The minimum atomic E-state index is -3.70. The molecular weight excluding hydrogens is 360 g/mol. The average Bonchev–Trinajstić information content (AvgIpc) is 2.67. The zero-order chi connectivity index (χ0) is 18.9. The first-order valence-corrected chi connectivity index (χ1v) is 10.5. The van der Waals surface area contributed by atoms with Crippen molar-refractivity contribution in [1.29, 1.82) is 0 Å². The van der Waals surface area contributed by atoms with E-state index in [0.29, 0.717) is 30.0 Å². The van der Waals surface area contributed by atoms with Crippen LogP contribution in [0.4, 0.5) is 11.4 Å². The van der Waals surface area contributed by atoms with Crippen LogP contribution in [0.2, 0.25) is 0 Å². The molecule has 1 heterocycles. The minimum Gasteiger partial charge on any atom is -0.470 e. The molecule has 3 aromatic rings. The average molecular weight is 382 g/mol. The van der Waals surface area contributed by atoms with Crippen LogP contribution in [0.3, 0.4) is 0 Å². The number of nitrogens with zero attached hydrogens (tertiary/aromatic N) is 1. The van der Waals surface area contributed by atoms with Crippen molar-refractivity contribution in [2.24, 2.45) is 0 Å². The lowest BCUT2D eigenvalue weighted by Crippen LogP contribution is -2.43. The molecule has 1 aliphatic rings. The summed E-state index contributed by atoms with van der Waals surface area (Å²) in [5.41, 5.74) is 0.278. The molecule has 6 heteroatoms. The number of hydrogen-bond donors (Lipinski definition) is 1. The second-order valence-electron chi connectivity index (χ2n) is 6.61. The molecule has 0 bridgehead atoms. The van der Waals surface area contributed by atoms with Gasteiger partial charge in [0.2, 0.25) is 5.44 Å².